The molecule has 1 N–H and O–H groups in total. The van der Waals surface area contributed by atoms with Crippen LogP contribution in [0.15, 0.2) is 12.2 Å². The Hall–Kier alpha value is -2.18. The van der Waals surface area contributed by atoms with Gasteiger partial charge in [0.1, 0.15) is 6.54 Å². The van der Waals surface area contributed by atoms with E-state index < -0.39 is 17.8 Å². The highest BCUT2D eigenvalue weighted by atomic mass is 16.7. The van der Waals surface area contributed by atoms with Crippen molar-refractivity contribution in [2.75, 3.05) is 6.54 Å². The third-order valence-electron chi connectivity index (χ3n) is 5.40. The molecule has 0 aromatic carbocycles. The fourth-order valence-electron chi connectivity index (χ4n) is 3.53. The number of nitrogens with one attached hydrogen (secondary N) is 1. The first-order chi connectivity index (χ1) is 15.0. The fraction of sp³-hybridized carbons (Fsp3) is 0.750. The number of hydroxylamine groups is 2. The predicted molar refractivity (Wildman–Crippen MR) is 120 cm³/mol. The summed E-state index contributed by atoms with van der Waals surface area (Å²) in [5.41, 5.74) is 0. The molecule has 0 aromatic heterocycles. The summed E-state index contributed by atoms with van der Waals surface area (Å²) in [7, 11) is 0. The van der Waals surface area contributed by atoms with Crippen LogP contribution >= 0.6 is 0 Å². The molecule has 31 heavy (non-hydrogen) atoms. The molecule has 0 aromatic rings. The molecule has 0 saturated carbocycles. The Kier molecular flexibility index (Phi) is 15.2. The molecular weight excluding hydrogens is 396 g/mol. The van der Waals surface area contributed by atoms with Crippen molar-refractivity contribution in [3.05, 3.63) is 12.2 Å². The van der Waals surface area contributed by atoms with Crippen molar-refractivity contribution >= 4 is 23.7 Å². The lowest BCUT2D eigenvalue weighted by molar-refractivity contribution is -0.195. The van der Waals surface area contributed by atoms with Crippen LogP contribution in [-0.4, -0.2) is 35.3 Å². The molecule has 176 valence electrons. The van der Waals surface area contributed by atoms with Gasteiger partial charge in [0, 0.05) is 18.6 Å². The summed E-state index contributed by atoms with van der Waals surface area (Å²) in [5.74, 6) is -2.50. The number of rotatable bonds is 19. The molecule has 0 atom stereocenters. The zero-order chi connectivity index (χ0) is 22.7. The summed E-state index contributed by atoms with van der Waals surface area (Å²) in [6.45, 7) is 1.89. The van der Waals surface area contributed by atoms with Gasteiger partial charge in [-0.25, -0.2) is 4.79 Å². The maximum atomic E-state index is 11.8. The third-order valence-corrected chi connectivity index (χ3v) is 5.40. The van der Waals surface area contributed by atoms with Gasteiger partial charge in [-0.05, 0) is 6.42 Å². The summed E-state index contributed by atoms with van der Waals surface area (Å²) >= 11 is 0. The monoisotopic (exact) mass is 436 g/mol. The SMILES string of the molecule is CCCCCCCCCCCCCCCCCC(=O)NCC(=O)ON1C(=O)C=CC1=O. The second-order valence-corrected chi connectivity index (χ2v) is 8.24. The van der Waals surface area contributed by atoms with Crippen molar-refractivity contribution in [2.24, 2.45) is 0 Å². The van der Waals surface area contributed by atoms with Crippen LogP contribution in [0.3, 0.4) is 0 Å². The quantitative estimate of drug-likeness (QED) is 0.233. The molecule has 1 rings (SSSR count). The van der Waals surface area contributed by atoms with Gasteiger partial charge in [0.2, 0.25) is 5.91 Å². The molecule has 0 spiro atoms. The summed E-state index contributed by atoms with van der Waals surface area (Å²) in [4.78, 5) is 50.6. The van der Waals surface area contributed by atoms with Gasteiger partial charge < -0.3 is 10.2 Å². The lowest BCUT2D eigenvalue weighted by atomic mass is 10.0. The Balaban J connectivity index is 1.85. The van der Waals surface area contributed by atoms with Gasteiger partial charge in [-0.2, -0.15) is 0 Å². The molecule has 3 amide bonds. The Labute approximate surface area is 186 Å². The first-order valence-electron chi connectivity index (χ1n) is 12.1. The lowest BCUT2D eigenvalue weighted by Gasteiger charge is -2.12. The van der Waals surface area contributed by atoms with Crippen LogP contribution in [-0.2, 0) is 24.0 Å². The number of unbranched alkanes of at least 4 members (excludes halogenated alkanes) is 14. The summed E-state index contributed by atoms with van der Waals surface area (Å²) in [6.07, 6.45) is 21.4. The second-order valence-electron chi connectivity index (χ2n) is 8.24. The molecule has 1 aliphatic rings. The maximum Gasteiger partial charge on any atom is 0.352 e. The zero-order valence-corrected chi connectivity index (χ0v) is 19.2. The number of nitrogens with zero attached hydrogens (tertiary/aromatic N) is 1. The highest BCUT2D eigenvalue weighted by molar-refractivity contribution is 6.12. The molecule has 0 bridgehead atoms. The van der Waals surface area contributed by atoms with E-state index in [4.69, 9.17) is 0 Å². The van der Waals surface area contributed by atoms with Crippen LogP contribution in [0.4, 0.5) is 0 Å². The Morgan fingerprint density at radius 1 is 0.742 bits per heavy atom. The van der Waals surface area contributed by atoms with E-state index in [0.29, 0.717) is 11.5 Å². The average molecular weight is 437 g/mol. The van der Waals surface area contributed by atoms with Crippen molar-refractivity contribution in [3.63, 3.8) is 0 Å². The lowest BCUT2D eigenvalue weighted by Crippen LogP contribution is -2.38. The van der Waals surface area contributed by atoms with Gasteiger partial charge in [0.25, 0.3) is 11.8 Å². The molecule has 1 heterocycles. The van der Waals surface area contributed by atoms with E-state index in [9.17, 15) is 19.2 Å². The summed E-state index contributed by atoms with van der Waals surface area (Å²) < 4.78 is 0. The van der Waals surface area contributed by atoms with Crippen LogP contribution < -0.4 is 5.32 Å². The van der Waals surface area contributed by atoms with Crippen molar-refractivity contribution in [1.82, 2.24) is 10.4 Å². The molecule has 0 radical (unpaired) electrons. The van der Waals surface area contributed by atoms with E-state index in [1.54, 1.807) is 0 Å². The highest BCUT2D eigenvalue weighted by Crippen LogP contribution is 2.13. The number of imide groups is 1. The van der Waals surface area contributed by atoms with E-state index in [1.165, 1.54) is 77.0 Å². The van der Waals surface area contributed by atoms with Gasteiger partial charge in [-0.15, -0.1) is 0 Å². The summed E-state index contributed by atoms with van der Waals surface area (Å²) in [6, 6.07) is 0. The molecule has 0 fully saturated rings. The van der Waals surface area contributed by atoms with E-state index >= 15 is 0 Å². The van der Waals surface area contributed by atoms with Crippen LogP contribution in [0.5, 0.6) is 0 Å². The van der Waals surface area contributed by atoms with Crippen molar-refractivity contribution in [3.8, 4) is 0 Å². The van der Waals surface area contributed by atoms with Gasteiger partial charge in [-0.3, -0.25) is 14.4 Å². The number of hydrogen-bond acceptors (Lipinski definition) is 5. The van der Waals surface area contributed by atoms with E-state index in [-0.39, 0.29) is 12.5 Å². The molecular formula is C24H40N2O5. The number of amides is 3. The van der Waals surface area contributed by atoms with Gasteiger partial charge in [0.15, 0.2) is 0 Å². The Morgan fingerprint density at radius 3 is 1.61 bits per heavy atom. The minimum Gasteiger partial charge on any atom is -0.345 e. The largest absolute Gasteiger partial charge is 0.352 e. The average Bonchev–Trinajstić information content (AvgIpc) is 3.07. The van der Waals surface area contributed by atoms with Crippen LogP contribution in [0.2, 0.25) is 0 Å². The van der Waals surface area contributed by atoms with Crippen LogP contribution in [0.1, 0.15) is 110 Å². The minimum absolute atomic E-state index is 0.233. The Bertz CT molecular complexity index is 571. The van der Waals surface area contributed by atoms with Crippen molar-refractivity contribution in [1.29, 1.82) is 0 Å². The molecule has 1 aliphatic heterocycles. The molecule has 0 saturated heterocycles. The maximum absolute atomic E-state index is 11.8. The van der Waals surface area contributed by atoms with Crippen molar-refractivity contribution < 1.29 is 24.0 Å². The smallest absolute Gasteiger partial charge is 0.345 e. The van der Waals surface area contributed by atoms with Crippen LogP contribution in [0.25, 0.3) is 0 Å². The van der Waals surface area contributed by atoms with Gasteiger partial charge in [0.05, 0.1) is 0 Å². The predicted octanol–water partition coefficient (Wildman–Crippen LogP) is 4.75. The number of carbonyl (C=O) groups is 4. The molecule has 7 heteroatoms. The number of carbonyl (C=O) groups excluding carboxylic acids is 4. The fourth-order valence-corrected chi connectivity index (χ4v) is 3.53. The minimum atomic E-state index is -0.852. The normalized spacial score (nSPS) is 13.1. The molecule has 0 unspecified atom stereocenters. The molecule has 7 nitrogen and oxygen atoms in total. The van der Waals surface area contributed by atoms with E-state index in [0.717, 1.165) is 31.4 Å². The highest BCUT2D eigenvalue weighted by Gasteiger charge is 2.27. The second kappa shape index (κ2) is 17.5. The standard InChI is InChI=1S/C24H40N2O5/c1-2-3-4-5-6-7-8-9-10-11-12-13-14-15-16-17-21(27)25-20-24(30)31-26-22(28)18-19-23(26)29/h18-19H,2-17,20H2,1H3,(H,25,27). The topological polar surface area (TPSA) is 92.8 Å². The molecule has 0 aliphatic carbocycles. The number of hydrogen-bond donors (Lipinski definition) is 1. The third kappa shape index (κ3) is 13.7. The first-order valence-corrected chi connectivity index (χ1v) is 12.1. The van der Waals surface area contributed by atoms with E-state index in [1.807, 2.05) is 0 Å². The zero-order valence-electron chi connectivity index (χ0n) is 19.2. The van der Waals surface area contributed by atoms with Crippen molar-refractivity contribution in [2.45, 2.75) is 110 Å². The van der Waals surface area contributed by atoms with E-state index in [2.05, 4.69) is 17.1 Å². The van der Waals surface area contributed by atoms with Gasteiger partial charge >= 0.3 is 5.97 Å². The van der Waals surface area contributed by atoms with Gasteiger partial charge in [-0.1, -0.05) is 102 Å². The summed E-state index contributed by atoms with van der Waals surface area (Å²) in [5, 5.41) is 2.83. The van der Waals surface area contributed by atoms with Crippen LogP contribution in [0, 0.1) is 0 Å². The first kappa shape index (κ1) is 26.9. The Morgan fingerprint density at radius 2 is 1.16 bits per heavy atom.